The van der Waals surface area contributed by atoms with Crippen LogP contribution in [0.3, 0.4) is 0 Å². The van der Waals surface area contributed by atoms with Crippen LogP contribution in [0.5, 0.6) is 0 Å². The van der Waals surface area contributed by atoms with Gasteiger partial charge in [-0.3, -0.25) is 14.6 Å². The fraction of sp³-hybridized carbons (Fsp3) is 0.318. The molecule has 0 aliphatic carbocycles. The van der Waals surface area contributed by atoms with Crippen LogP contribution in [0.4, 0.5) is 0 Å². The first kappa shape index (κ1) is 19.5. The topological polar surface area (TPSA) is 67.2 Å². The van der Waals surface area contributed by atoms with E-state index in [-0.39, 0.29) is 24.2 Å². The smallest absolute Gasteiger partial charge is 0.225 e. The van der Waals surface area contributed by atoms with Crippen molar-refractivity contribution < 1.29 is 9.59 Å². The fourth-order valence-corrected chi connectivity index (χ4v) is 4.09. The van der Waals surface area contributed by atoms with E-state index >= 15 is 0 Å². The molecule has 1 N–H and O–H groups in total. The lowest BCUT2D eigenvalue weighted by molar-refractivity contribution is -0.129. The van der Waals surface area contributed by atoms with E-state index in [0.717, 1.165) is 22.0 Å². The second-order valence-electron chi connectivity index (χ2n) is 7.50. The Morgan fingerprint density at radius 2 is 2.07 bits per heavy atom. The number of fused-ring (bicyclic) bond motifs is 1. The van der Waals surface area contributed by atoms with Crippen molar-refractivity contribution >= 4 is 34.3 Å². The molecule has 150 valence electrons. The van der Waals surface area contributed by atoms with Crippen LogP contribution in [0.15, 0.2) is 48.9 Å². The van der Waals surface area contributed by atoms with E-state index in [4.69, 9.17) is 11.6 Å². The second-order valence-corrected chi connectivity index (χ2v) is 7.93. The largest absolute Gasteiger partial charge is 0.355 e. The average Bonchev–Trinajstić information content (AvgIpc) is 3.22. The molecule has 2 aromatic heterocycles. The van der Waals surface area contributed by atoms with E-state index in [9.17, 15) is 9.59 Å². The van der Waals surface area contributed by atoms with Gasteiger partial charge in [-0.15, -0.1) is 0 Å². The van der Waals surface area contributed by atoms with E-state index in [1.165, 1.54) is 0 Å². The summed E-state index contributed by atoms with van der Waals surface area (Å²) >= 11 is 6.14. The number of hydrogen-bond acceptors (Lipinski definition) is 3. The van der Waals surface area contributed by atoms with Gasteiger partial charge < -0.3 is 14.8 Å². The summed E-state index contributed by atoms with van der Waals surface area (Å²) < 4.78 is 2.06. The maximum atomic E-state index is 12.6. The predicted molar refractivity (Wildman–Crippen MR) is 112 cm³/mol. The maximum Gasteiger partial charge on any atom is 0.225 e. The number of halogens is 1. The van der Waals surface area contributed by atoms with Crippen molar-refractivity contribution in [2.45, 2.75) is 19.4 Å². The van der Waals surface area contributed by atoms with Crippen LogP contribution in [-0.4, -0.2) is 39.4 Å². The molecule has 29 heavy (non-hydrogen) atoms. The highest BCUT2D eigenvalue weighted by molar-refractivity contribution is 6.31. The van der Waals surface area contributed by atoms with Crippen molar-refractivity contribution in [1.29, 1.82) is 0 Å². The maximum absolute atomic E-state index is 12.6. The first-order valence-corrected chi connectivity index (χ1v) is 10.1. The van der Waals surface area contributed by atoms with Gasteiger partial charge in [0.15, 0.2) is 0 Å². The zero-order chi connectivity index (χ0) is 20.4. The van der Waals surface area contributed by atoms with Crippen molar-refractivity contribution in [2.75, 3.05) is 13.1 Å². The van der Waals surface area contributed by atoms with Gasteiger partial charge in [0.2, 0.25) is 11.8 Å². The third-order valence-electron chi connectivity index (χ3n) is 5.44. The number of benzene rings is 1. The van der Waals surface area contributed by atoms with Crippen molar-refractivity contribution in [3.05, 3.63) is 65.1 Å². The molecule has 0 bridgehead atoms. The van der Waals surface area contributed by atoms with Crippen LogP contribution >= 0.6 is 11.6 Å². The summed E-state index contributed by atoms with van der Waals surface area (Å²) in [7, 11) is 2.00. The van der Waals surface area contributed by atoms with Gasteiger partial charge in [-0.25, -0.2) is 0 Å². The van der Waals surface area contributed by atoms with Crippen molar-refractivity contribution in [3.8, 4) is 0 Å². The Hall–Kier alpha value is -2.86. The highest BCUT2D eigenvalue weighted by atomic mass is 35.5. The number of likely N-dealkylation sites (tertiary alicyclic amines) is 1. The summed E-state index contributed by atoms with van der Waals surface area (Å²) in [4.78, 5) is 30.6. The van der Waals surface area contributed by atoms with Gasteiger partial charge in [-0.1, -0.05) is 11.6 Å². The van der Waals surface area contributed by atoms with Crippen LogP contribution in [-0.2, 0) is 29.6 Å². The lowest BCUT2D eigenvalue weighted by atomic mass is 10.1. The molecule has 3 aromatic rings. The van der Waals surface area contributed by atoms with E-state index in [1.807, 2.05) is 37.4 Å². The summed E-state index contributed by atoms with van der Waals surface area (Å²) in [5.74, 6) is -0.342. The molecule has 0 saturated carbocycles. The summed E-state index contributed by atoms with van der Waals surface area (Å²) in [5.41, 5.74) is 3.28. The molecule has 6 nitrogen and oxygen atoms in total. The number of carbonyl (C=O) groups excluding carboxylic acids is 2. The number of rotatable bonds is 6. The van der Waals surface area contributed by atoms with Crippen LogP contribution in [0.25, 0.3) is 10.9 Å². The Balaban J connectivity index is 1.32. The van der Waals surface area contributed by atoms with Gasteiger partial charge in [0.1, 0.15) is 0 Å². The van der Waals surface area contributed by atoms with E-state index in [2.05, 4.69) is 21.1 Å². The van der Waals surface area contributed by atoms with E-state index in [0.29, 0.717) is 31.1 Å². The highest BCUT2D eigenvalue weighted by Gasteiger charge is 2.34. The number of aromatic nitrogens is 2. The molecule has 1 saturated heterocycles. The van der Waals surface area contributed by atoms with Gasteiger partial charge in [0.25, 0.3) is 0 Å². The molecule has 1 fully saturated rings. The zero-order valence-electron chi connectivity index (χ0n) is 16.3. The number of pyridine rings is 1. The third-order valence-corrected chi connectivity index (χ3v) is 5.67. The van der Waals surface area contributed by atoms with Crippen molar-refractivity contribution in [3.63, 3.8) is 0 Å². The fourth-order valence-electron chi connectivity index (χ4n) is 3.92. The number of aryl methyl sites for hydroxylation is 1. The molecule has 7 heteroatoms. The van der Waals surface area contributed by atoms with Gasteiger partial charge in [0, 0.05) is 67.6 Å². The first-order valence-electron chi connectivity index (χ1n) is 9.69. The summed E-state index contributed by atoms with van der Waals surface area (Å²) in [6.45, 7) is 1.50. The molecule has 4 rings (SSSR count). The van der Waals surface area contributed by atoms with Crippen LogP contribution in [0, 0.1) is 5.92 Å². The highest BCUT2D eigenvalue weighted by Crippen LogP contribution is 2.25. The molecule has 3 heterocycles. The monoisotopic (exact) mass is 410 g/mol. The predicted octanol–water partition coefficient (Wildman–Crippen LogP) is 2.93. The molecular weight excluding hydrogens is 388 g/mol. The van der Waals surface area contributed by atoms with Crippen LogP contribution < -0.4 is 5.32 Å². The summed E-state index contributed by atoms with van der Waals surface area (Å²) in [6.07, 6.45) is 6.47. The van der Waals surface area contributed by atoms with Crippen molar-refractivity contribution in [1.82, 2.24) is 19.8 Å². The lowest BCUT2D eigenvalue weighted by Gasteiger charge is -2.16. The first-order chi connectivity index (χ1) is 14.0. The number of nitrogens with zero attached hydrogens (tertiary/aromatic N) is 3. The molecule has 0 spiro atoms. The minimum Gasteiger partial charge on any atom is -0.355 e. The SMILES string of the molecule is Cn1cc(CCNC(=O)[C@@H]2CC(=O)N(Cc3ccncc3)C2)c2cc(Cl)ccc21. The Morgan fingerprint density at radius 3 is 2.86 bits per heavy atom. The minimum atomic E-state index is -0.300. The molecule has 1 aliphatic heterocycles. The molecular formula is C22H23ClN4O2. The zero-order valence-corrected chi connectivity index (χ0v) is 17.0. The molecule has 1 atom stereocenters. The number of amides is 2. The van der Waals surface area contributed by atoms with E-state index < -0.39 is 0 Å². The number of hydrogen-bond donors (Lipinski definition) is 1. The molecule has 1 aromatic carbocycles. The van der Waals surface area contributed by atoms with Gasteiger partial charge in [-0.05, 0) is 47.9 Å². The molecule has 0 unspecified atom stereocenters. The average molecular weight is 411 g/mol. The van der Waals surface area contributed by atoms with Crippen LogP contribution in [0.2, 0.25) is 5.02 Å². The summed E-state index contributed by atoms with van der Waals surface area (Å²) in [6, 6.07) is 9.61. The quantitative estimate of drug-likeness (QED) is 0.679. The Bertz CT molecular complexity index is 1050. The number of nitrogens with one attached hydrogen (secondary N) is 1. The molecule has 1 aliphatic rings. The Kier molecular flexibility index (Phi) is 5.53. The number of carbonyl (C=O) groups is 2. The van der Waals surface area contributed by atoms with Gasteiger partial charge in [-0.2, -0.15) is 0 Å². The Morgan fingerprint density at radius 1 is 1.28 bits per heavy atom. The Labute approximate surface area is 174 Å². The molecule has 0 radical (unpaired) electrons. The van der Waals surface area contributed by atoms with Crippen LogP contribution in [0.1, 0.15) is 17.5 Å². The van der Waals surface area contributed by atoms with Gasteiger partial charge >= 0.3 is 0 Å². The summed E-state index contributed by atoms with van der Waals surface area (Å²) in [5, 5.41) is 4.80. The normalized spacial score (nSPS) is 16.6. The van der Waals surface area contributed by atoms with E-state index in [1.54, 1.807) is 17.3 Å². The van der Waals surface area contributed by atoms with Crippen molar-refractivity contribution in [2.24, 2.45) is 13.0 Å². The standard InChI is InChI=1S/C22H23ClN4O2/c1-26-13-16(19-11-18(23)2-3-20(19)26)6-9-25-22(29)17-10-21(28)27(14-17)12-15-4-7-24-8-5-15/h2-5,7-8,11,13,17H,6,9-10,12,14H2,1H3,(H,25,29)/t17-/m1/s1. The lowest BCUT2D eigenvalue weighted by Crippen LogP contribution is -2.34. The minimum absolute atomic E-state index is 0.0191. The third kappa shape index (κ3) is 4.27. The molecule has 2 amide bonds. The van der Waals surface area contributed by atoms with Gasteiger partial charge in [0.05, 0.1) is 5.92 Å². The second kappa shape index (κ2) is 8.25.